The monoisotopic (exact) mass is 314 g/mol. The van der Waals surface area contributed by atoms with Crippen LogP contribution in [0.15, 0.2) is 48.5 Å². The molecule has 5 nitrogen and oxygen atoms in total. The third-order valence-corrected chi connectivity index (χ3v) is 3.37. The van der Waals surface area contributed by atoms with Crippen molar-refractivity contribution < 1.29 is 14.3 Å². The normalized spacial score (nSPS) is 11.6. The second-order valence-corrected chi connectivity index (χ2v) is 5.08. The van der Waals surface area contributed by atoms with Gasteiger partial charge >= 0.3 is 0 Å². The quantitative estimate of drug-likeness (QED) is 0.824. The predicted octanol–water partition coefficient (Wildman–Crippen LogP) is 2.60. The van der Waals surface area contributed by atoms with E-state index in [0.717, 1.165) is 5.56 Å². The minimum Gasteiger partial charge on any atom is -0.493 e. The lowest BCUT2D eigenvalue weighted by Crippen LogP contribution is -2.37. The van der Waals surface area contributed by atoms with Gasteiger partial charge in [-0.2, -0.15) is 0 Å². The molecule has 0 heterocycles. The standard InChI is InChI=1S/C18H22N2O3/c1-3-23-16-10-9-14(12-17(16)22-2)20-18(21)15(19)11-13-7-5-4-6-8-13/h4-10,12,15H,3,11,19H2,1-2H3,(H,20,21)/t15-/m0/s1. The largest absolute Gasteiger partial charge is 0.493 e. The summed E-state index contributed by atoms with van der Waals surface area (Å²) in [6.45, 7) is 2.45. The van der Waals surface area contributed by atoms with Crippen molar-refractivity contribution >= 4 is 11.6 Å². The highest BCUT2D eigenvalue weighted by molar-refractivity contribution is 5.95. The number of rotatable bonds is 7. The van der Waals surface area contributed by atoms with Crippen LogP contribution in [0.5, 0.6) is 11.5 Å². The van der Waals surface area contributed by atoms with Crippen LogP contribution in [0.25, 0.3) is 0 Å². The van der Waals surface area contributed by atoms with Crippen LogP contribution in [0.1, 0.15) is 12.5 Å². The number of benzene rings is 2. The van der Waals surface area contributed by atoms with Gasteiger partial charge in [-0.3, -0.25) is 4.79 Å². The molecular weight excluding hydrogens is 292 g/mol. The van der Waals surface area contributed by atoms with Crippen molar-refractivity contribution in [1.29, 1.82) is 0 Å². The Morgan fingerprint density at radius 2 is 1.91 bits per heavy atom. The van der Waals surface area contributed by atoms with E-state index in [-0.39, 0.29) is 5.91 Å². The Morgan fingerprint density at radius 1 is 1.17 bits per heavy atom. The van der Waals surface area contributed by atoms with Gasteiger partial charge in [-0.1, -0.05) is 30.3 Å². The lowest BCUT2D eigenvalue weighted by molar-refractivity contribution is -0.117. The number of nitrogens with two attached hydrogens (primary N) is 1. The fourth-order valence-electron chi connectivity index (χ4n) is 2.22. The second-order valence-electron chi connectivity index (χ2n) is 5.08. The molecule has 0 aromatic heterocycles. The maximum absolute atomic E-state index is 12.2. The molecule has 0 bridgehead atoms. The summed E-state index contributed by atoms with van der Waals surface area (Å²) >= 11 is 0. The molecule has 0 radical (unpaired) electrons. The number of amides is 1. The van der Waals surface area contributed by atoms with E-state index in [0.29, 0.717) is 30.2 Å². The van der Waals surface area contributed by atoms with Crippen LogP contribution in [0.2, 0.25) is 0 Å². The summed E-state index contributed by atoms with van der Waals surface area (Å²) in [6, 6.07) is 14.3. The minimum absolute atomic E-state index is 0.236. The van der Waals surface area contributed by atoms with Crippen molar-refractivity contribution in [2.45, 2.75) is 19.4 Å². The maximum atomic E-state index is 12.2. The number of methoxy groups -OCH3 is 1. The van der Waals surface area contributed by atoms with Crippen molar-refractivity contribution in [3.8, 4) is 11.5 Å². The van der Waals surface area contributed by atoms with Crippen LogP contribution in [0.3, 0.4) is 0 Å². The van der Waals surface area contributed by atoms with Gasteiger partial charge < -0.3 is 20.5 Å². The predicted molar refractivity (Wildman–Crippen MR) is 90.9 cm³/mol. The van der Waals surface area contributed by atoms with E-state index in [1.54, 1.807) is 25.3 Å². The molecule has 0 aliphatic rings. The molecule has 3 N–H and O–H groups in total. The molecule has 1 amide bonds. The summed E-state index contributed by atoms with van der Waals surface area (Å²) in [5, 5.41) is 2.81. The molecule has 0 saturated carbocycles. The summed E-state index contributed by atoms with van der Waals surface area (Å²) < 4.78 is 10.7. The zero-order valence-electron chi connectivity index (χ0n) is 13.4. The average Bonchev–Trinajstić information content (AvgIpc) is 2.57. The van der Waals surface area contributed by atoms with E-state index in [2.05, 4.69) is 5.32 Å². The number of anilines is 1. The summed E-state index contributed by atoms with van der Waals surface area (Å²) in [7, 11) is 1.56. The summed E-state index contributed by atoms with van der Waals surface area (Å²) in [4.78, 5) is 12.2. The van der Waals surface area contributed by atoms with Gasteiger partial charge in [0.25, 0.3) is 0 Å². The number of hydrogen-bond donors (Lipinski definition) is 2. The van der Waals surface area contributed by atoms with E-state index in [9.17, 15) is 4.79 Å². The minimum atomic E-state index is -0.616. The van der Waals surface area contributed by atoms with Crippen LogP contribution in [-0.2, 0) is 11.2 Å². The van der Waals surface area contributed by atoms with Gasteiger partial charge in [0.2, 0.25) is 5.91 Å². The first kappa shape index (κ1) is 16.8. The lowest BCUT2D eigenvalue weighted by atomic mass is 10.1. The zero-order valence-corrected chi connectivity index (χ0v) is 13.4. The molecule has 2 rings (SSSR count). The second kappa shape index (κ2) is 8.19. The maximum Gasteiger partial charge on any atom is 0.241 e. The van der Waals surface area contributed by atoms with E-state index in [4.69, 9.17) is 15.2 Å². The summed E-state index contributed by atoms with van der Waals surface area (Å²) in [6.07, 6.45) is 0.487. The van der Waals surface area contributed by atoms with Gasteiger partial charge in [0, 0.05) is 11.8 Å². The number of carbonyl (C=O) groups excluding carboxylic acids is 1. The van der Waals surface area contributed by atoms with E-state index < -0.39 is 6.04 Å². The van der Waals surface area contributed by atoms with Crippen molar-refractivity contribution in [2.75, 3.05) is 19.0 Å². The summed E-state index contributed by atoms with van der Waals surface area (Å²) in [5.41, 5.74) is 7.63. The van der Waals surface area contributed by atoms with Crippen molar-refractivity contribution in [1.82, 2.24) is 0 Å². The number of ether oxygens (including phenoxy) is 2. The van der Waals surface area contributed by atoms with Crippen LogP contribution in [0.4, 0.5) is 5.69 Å². The topological polar surface area (TPSA) is 73.6 Å². The van der Waals surface area contributed by atoms with Crippen LogP contribution < -0.4 is 20.5 Å². The van der Waals surface area contributed by atoms with Gasteiger partial charge in [-0.25, -0.2) is 0 Å². The molecule has 0 unspecified atom stereocenters. The lowest BCUT2D eigenvalue weighted by Gasteiger charge is -2.14. The van der Waals surface area contributed by atoms with Crippen LogP contribution >= 0.6 is 0 Å². The Bertz CT molecular complexity index is 644. The smallest absolute Gasteiger partial charge is 0.241 e. The molecule has 0 aliphatic carbocycles. The summed E-state index contributed by atoms with van der Waals surface area (Å²) in [5.74, 6) is 0.975. The third-order valence-electron chi connectivity index (χ3n) is 3.37. The van der Waals surface area contributed by atoms with E-state index in [1.165, 1.54) is 0 Å². The van der Waals surface area contributed by atoms with E-state index >= 15 is 0 Å². The van der Waals surface area contributed by atoms with Crippen molar-refractivity contribution in [3.05, 3.63) is 54.1 Å². The molecule has 2 aromatic carbocycles. The Morgan fingerprint density at radius 3 is 2.57 bits per heavy atom. The molecule has 122 valence electrons. The van der Waals surface area contributed by atoms with Gasteiger partial charge in [0.05, 0.1) is 19.8 Å². The number of carbonyl (C=O) groups is 1. The van der Waals surface area contributed by atoms with Crippen LogP contribution in [0, 0.1) is 0 Å². The van der Waals surface area contributed by atoms with Gasteiger partial charge in [0.15, 0.2) is 11.5 Å². The number of nitrogens with one attached hydrogen (secondary N) is 1. The molecule has 0 aliphatic heterocycles. The fourth-order valence-corrected chi connectivity index (χ4v) is 2.22. The zero-order chi connectivity index (χ0) is 16.7. The highest BCUT2D eigenvalue weighted by atomic mass is 16.5. The Hall–Kier alpha value is -2.53. The molecule has 1 atom stereocenters. The Labute approximate surface area is 136 Å². The van der Waals surface area contributed by atoms with Crippen molar-refractivity contribution in [3.63, 3.8) is 0 Å². The van der Waals surface area contributed by atoms with Gasteiger partial charge in [0.1, 0.15) is 0 Å². The molecule has 23 heavy (non-hydrogen) atoms. The molecule has 0 fully saturated rings. The Kier molecular flexibility index (Phi) is 6.00. The molecule has 2 aromatic rings. The fraction of sp³-hybridized carbons (Fsp3) is 0.278. The molecule has 5 heteroatoms. The average molecular weight is 314 g/mol. The third kappa shape index (κ3) is 4.72. The first-order valence-electron chi connectivity index (χ1n) is 7.55. The van der Waals surface area contributed by atoms with Gasteiger partial charge in [-0.05, 0) is 31.0 Å². The first-order valence-corrected chi connectivity index (χ1v) is 7.55. The SMILES string of the molecule is CCOc1ccc(NC(=O)[C@@H](N)Cc2ccccc2)cc1OC. The number of hydrogen-bond acceptors (Lipinski definition) is 4. The molecule has 0 saturated heterocycles. The molecule has 0 spiro atoms. The van der Waals surface area contributed by atoms with E-state index in [1.807, 2.05) is 37.3 Å². The molecular formula is C18H22N2O3. The highest BCUT2D eigenvalue weighted by Crippen LogP contribution is 2.30. The highest BCUT2D eigenvalue weighted by Gasteiger charge is 2.15. The van der Waals surface area contributed by atoms with Gasteiger partial charge in [-0.15, -0.1) is 0 Å². The Balaban J connectivity index is 2.01. The van der Waals surface area contributed by atoms with Crippen molar-refractivity contribution in [2.24, 2.45) is 5.73 Å². The first-order chi connectivity index (χ1) is 11.1. The van der Waals surface area contributed by atoms with Crippen LogP contribution in [-0.4, -0.2) is 25.7 Å².